The van der Waals surface area contributed by atoms with Gasteiger partial charge < -0.3 is 25.5 Å². The van der Waals surface area contributed by atoms with E-state index in [0.29, 0.717) is 30.0 Å². The number of nitrogens with two attached hydrogens (primary N) is 1. The third-order valence-electron chi connectivity index (χ3n) is 6.06. The fraction of sp³-hybridized carbons (Fsp3) is 0.318. The lowest BCUT2D eigenvalue weighted by molar-refractivity contribution is 0.103. The highest BCUT2D eigenvalue weighted by atomic mass is 16.5. The zero-order valence-corrected chi connectivity index (χ0v) is 16.0. The summed E-state index contributed by atoms with van der Waals surface area (Å²) < 4.78 is 5.43. The number of benzene rings is 2. The highest BCUT2D eigenvalue weighted by Gasteiger charge is 2.40. The van der Waals surface area contributed by atoms with Crippen molar-refractivity contribution in [1.29, 1.82) is 0 Å². The summed E-state index contributed by atoms with van der Waals surface area (Å²) in [5.41, 5.74) is 10.8. The Labute approximate surface area is 162 Å². The van der Waals surface area contributed by atoms with Crippen molar-refractivity contribution in [1.82, 2.24) is 4.98 Å². The molecule has 4 N–H and O–H groups in total. The van der Waals surface area contributed by atoms with Crippen molar-refractivity contribution in [2.75, 3.05) is 36.9 Å². The smallest absolute Gasteiger partial charge is 0.195 e. The average Bonchev–Trinajstić information content (AvgIpc) is 3.06. The van der Waals surface area contributed by atoms with Crippen LogP contribution in [-0.2, 0) is 10.2 Å². The van der Waals surface area contributed by atoms with E-state index in [-0.39, 0.29) is 11.5 Å². The molecule has 0 unspecified atom stereocenters. The molecule has 3 aromatic rings. The number of phenolic OH excluding ortho intramolecular Hbond substituents is 1. The fourth-order valence-corrected chi connectivity index (χ4v) is 4.53. The number of aromatic hydroxyl groups is 1. The van der Waals surface area contributed by atoms with Gasteiger partial charge in [0.05, 0.1) is 24.5 Å². The van der Waals surface area contributed by atoms with Crippen LogP contribution in [0.15, 0.2) is 30.3 Å². The summed E-state index contributed by atoms with van der Waals surface area (Å²) in [6.45, 7) is 6.92. The fourth-order valence-electron chi connectivity index (χ4n) is 4.53. The molecule has 0 radical (unpaired) electrons. The Morgan fingerprint density at radius 2 is 1.93 bits per heavy atom. The average molecular weight is 377 g/mol. The van der Waals surface area contributed by atoms with Crippen LogP contribution in [0.2, 0.25) is 0 Å². The van der Waals surface area contributed by atoms with Gasteiger partial charge in [0.25, 0.3) is 0 Å². The third-order valence-corrected chi connectivity index (χ3v) is 6.06. The summed E-state index contributed by atoms with van der Waals surface area (Å²) in [5.74, 6) is 0.0708. The Kier molecular flexibility index (Phi) is 3.52. The number of aromatic amines is 1. The Bertz CT molecular complexity index is 1120. The normalized spacial score (nSPS) is 18.2. The van der Waals surface area contributed by atoms with E-state index in [0.717, 1.165) is 40.9 Å². The van der Waals surface area contributed by atoms with Gasteiger partial charge in [0.15, 0.2) is 5.78 Å². The van der Waals surface area contributed by atoms with E-state index in [1.165, 1.54) is 0 Å². The number of ketones is 1. The van der Waals surface area contributed by atoms with Crippen molar-refractivity contribution in [3.8, 4) is 5.75 Å². The van der Waals surface area contributed by atoms with Crippen molar-refractivity contribution in [2.45, 2.75) is 19.3 Å². The molecule has 144 valence electrons. The minimum Gasteiger partial charge on any atom is -0.506 e. The largest absolute Gasteiger partial charge is 0.506 e. The highest BCUT2D eigenvalue weighted by molar-refractivity contribution is 6.20. The van der Waals surface area contributed by atoms with Gasteiger partial charge in [-0.2, -0.15) is 0 Å². The molecule has 0 amide bonds. The number of anilines is 2. The SMILES string of the molecule is CC1(C)c2cc(N3CCOCC3)c(O)cc2C(=O)c2c1[nH]c1cc(N)ccc21. The summed E-state index contributed by atoms with van der Waals surface area (Å²) in [6.07, 6.45) is 0. The molecule has 6 nitrogen and oxygen atoms in total. The first kappa shape index (κ1) is 17.1. The Morgan fingerprint density at radius 3 is 2.68 bits per heavy atom. The van der Waals surface area contributed by atoms with Crippen LogP contribution >= 0.6 is 0 Å². The molecule has 28 heavy (non-hydrogen) atoms. The predicted octanol–water partition coefficient (Wildman–Crippen LogP) is 3.16. The molecule has 5 rings (SSSR count). The van der Waals surface area contributed by atoms with E-state index >= 15 is 0 Å². The molecular weight excluding hydrogens is 354 g/mol. The molecular formula is C22H23N3O3. The van der Waals surface area contributed by atoms with Crippen LogP contribution < -0.4 is 10.6 Å². The molecule has 2 aromatic carbocycles. The third kappa shape index (κ3) is 2.27. The topological polar surface area (TPSA) is 91.6 Å². The lowest BCUT2D eigenvalue weighted by Crippen LogP contribution is -2.37. The lowest BCUT2D eigenvalue weighted by Gasteiger charge is -2.35. The molecule has 2 heterocycles. The van der Waals surface area contributed by atoms with Crippen LogP contribution in [0.3, 0.4) is 0 Å². The standard InChI is InChI=1S/C22H23N3O3/c1-22(2)15-11-17(25-5-7-28-8-6-25)18(26)10-14(15)20(27)19-13-4-3-12(23)9-16(13)24-21(19)22/h3-4,9-11,24,26H,5-8,23H2,1-2H3. The number of carbonyl (C=O) groups excluding carboxylic acids is 1. The molecule has 2 aliphatic rings. The Balaban J connectivity index is 1.73. The second kappa shape index (κ2) is 5.75. The van der Waals surface area contributed by atoms with Gasteiger partial charge in [0.1, 0.15) is 5.75 Å². The van der Waals surface area contributed by atoms with Crippen LogP contribution in [0.25, 0.3) is 10.9 Å². The van der Waals surface area contributed by atoms with Crippen LogP contribution in [-0.4, -0.2) is 42.2 Å². The van der Waals surface area contributed by atoms with Crippen LogP contribution in [0.5, 0.6) is 5.75 Å². The van der Waals surface area contributed by atoms with E-state index in [1.807, 2.05) is 24.3 Å². The number of H-pyrrole nitrogens is 1. The van der Waals surface area contributed by atoms with Crippen LogP contribution in [0.4, 0.5) is 11.4 Å². The van der Waals surface area contributed by atoms with Crippen molar-refractivity contribution in [2.24, 2.45) is 0 Å². The number of hydrogen-bond acceptors (Lipinski definition) is 5. The molecule has 1 saturated heterocycles. The van der Waals surface area contributed by atoms with E-state index in [1.54, 1.807) is 6.07 Å². The number of carbonyl (C=O) groups is 1. The van der Waals surface area contributed by atoms with Gasteiger partial charge in [-0.25, -0.2) is 0 Å². The predicted molar refractivity (Wildman–Crippen MR) is 109 cm³/mol. The van der Waals surface area contributed by atoms with E-state index < -0.39 is 5.41 Å². The van der Waals surface area contributed by atoms with Crippen molar-refractivity contribution in [3.05, 3.63) is 52.7 Å². The van der Waals surface area contributed by atoms with Gasteiger partial charge in [-0.3, -0.25) is 4.79 Å². The monoisotopic (exact) mass is 377 g/mol. The van der Waals surface area contributed by atoms with Gasteiger partial charge in [0.2, 0.25) is 0 Å². The molecule has 1 fully saturated rings. The molecule has 1 aliphatic carbocycles. The van der Waals surface area contributed by atoms with Crippen LogP contribution in [0.1, 0.15) is 41.0 Å². The zero-order valence-electron chi connectivity index (χ0n) is 16.0. The minimum absolute atomic E-state index is 0.0656. The number of nitrogen functional groups attached to an aromatic ring is 1. The lowest BCUT2D eigenvalue weighted by atomic mass is 9.71. The molecule has 0 spiro atoms. The van der Waals surface area contributed by atoms with Crippen LogP contribution in [0, 0.1) is 0 Å². The molecule has 0 atom stereocenters. The maximum absolute atomic E-state index is 13.4. The number of morpholine rings is 1. The number of hydrogen-bond donors (Lipinski definition) is 3. The van der Waals surface area contributed by atoms with Gasteiger partial charge in [0, 0.05) is 46.4 Å². The molecule has 0 saturated carbocycles. The van der Waals surface area contributed by atoms with Crippen molar-refractivity contribution >= 4 is 28.1 Å². The maximum Gasteiger partial charge on any atom is 0.195 e. The maximum atomic E-state index is 13.4. The first-order valence-electron chi connectivity index (χ1n) is 9.54. The van der Waals surface area contributed by atoms with Gasteiger partial charge in [-0.1, -0.05) is 19.9 Å². The quantitative estimate of drug-likeness (QED) is 0.567. The van der Waals surface area contributed by atoms with Crippen molar-refractivity contribution in [3.63, 3.8) is 0 Å². The molecule has 6 heteroatoms. The Morgan fingerprint density at radius 1 is 1.18 bits per heavy atom. The first-order valence-corrected chi connectivity index (χ1v) is 9.54. The summed E-state index contributed by atoms with van der Waals surface area (Å²) in [4.78, 5) is 18.9. The van der Waals surface area contributed by atoms with Crippen molar-refractivity contribution < 1.29 is 14.6 Å². The first-order chi connectivity index (χ1) is 13.4. The van der Waals surface area contributed by atoms with Gasteiger partial charge in [-0.15, -0.1) is 0 Å². The van der Waals surface area contributed by atoms with E-state index in [4.69, 9.17) is 10.5 Å². The number of nitrogens with zero attached hydrogens (tertiary/aromatic N) is 1. The summed E-state index contributed by atoms with van der Waals surface area (Å²) >= 11 is 0. The molecule has 1 aromatic heterocycles. The highest BCUT2D eigenvalue weighted by Crippen LogP contribution is 2.46. The summed E-state index contributed by atoms with van der Waals surface area (Å²) in [7, 11) is 0. The minimum atomic E-state index is -0.416. The number of ether oxygens (including phenoxy) is 1. The summed E-state index contributed by atoms with van der Waals surface area (Å²) in [5, 5.41) is 11.6. The Hall–Kier alpha value is -2.99. The number of phenols is 1. The zero-order chi connectivity index (χ0) is 19.6. The van der Waals surface area contributed by atoms with Gasteiger partial charge in [-0.05, 0) is 29.8 Å². The second-order valence-electron chi connectivity index (χ2n) is 8.12. The number of fused-ring (bicyclic) bond motifs is 4. The van der Waals surface area contributed by atoms with E-state index in [2.05, 4.69) is 23.7 Å². The second-order valence-corrected chi connectivity index (χ2v) is 8.12. The summed E-state index contributed by atoms with van der Waals surface area (Å²) in [6, 6.07) is 9.16. The number of rotatable bonds is 1. The molecule has 1 aliphatic heterocycles. The number of nitrogens with one attached hydrogen (secondary N) is 1. The van der Waals surface area contributed by atoms with E-state index in [9.17, 15) is 9.90 Å². The van der Waals surface area contributed by atoms with Gasteiger partial charge >= 0.3 is 0 Å². The number of aromatic nitrogens is 1. The molecule has 0 bridgehead atoms.